The summed E-state index contributed by atoms with van der Waals surface area (Å²) in [5.74, 6) is 0.686. The molecule has 1 aromatic heterocycles. The minimum Gasteiger partial charge on any atom is -0.444 e. The molecule has 0 spiro atoms. The monoisotopic (exact) mass is 497 g/mol. The van der Waals surface area contributed by atoms with E-state index >= 15 is 0 Å². The van der Waals surface area contributed by atoms with Crippen LogP contribution < -0.4 is 5.32 Å². The van der Waals surface area contributed by atoms with Crippen LogP contribution in [0.2, 0.25) is 0 Å². The Kier molecular flexibility index (Phi) is 7.57. The number of alkyl carbamates (subject to hydrolysis) is 1. The predicted molar refractivity (Wildman–Crippen MR) is 142 cm³/mol. The van der Waals surface area contributed by atoms with Gasteiger partial charge in [0.1, 0.15) is 5.60 Å². The predicted octanol–water partition coefficient (Wildman–Crippen LogP) is 5.58. The van der Waals surface area contributed by atoms with Gasteiger partial charge in [0, 0.05) is 18.0 Å². The van der Waals surface area contributed by atoms with Crippen molar-refractivity contribution >= 4 is 23.3 Å². The number of nitrogens with zero attached hydrogens (tertiary/aromatic N) is 2. The van der Waals surface area contributed by atoms with Gasteiger partial charge >= 0.3 is 6.09 Å². The van der Waals surface area contributed by atoms with E-state index in [-0.39, 0.29) is 11.9 Å². The summed E-state index contributed by atoms with van der Waals surface area (Å²) < 4.78 is 5.36. The quantitative estimate of drug-likeness (QED) is 0.599. The molecule has 4 rings (SSSR count). The van der Waals surface area contributed by atoms with Crippen LogP contribution >= 0.6 is 11.3 Å². The van der Waals surface area contributed by atoms with E-state index in [0.29, 0.717) is 19.0 Å². The fourth-order valence-corrected chi connectivity index (χ4v) is 6.30. The number of nitrogens with one attached hydrogen (secondary N) is 1. The van der Waals surface area contributed by atoms with Crippen molar-refractivity contribution in [2.24, 2.45) is 0 Å². The molecule has 2 saturated heterocycles. The minimum absolute atomic E-state index is 0.0489. The number of aryl methyl sites for hydroxylation is 2. The van der Waals surface area contributed by atoms with E-state index in [2.05, 4.69) is 48.5 Å². The summed E-state index contributed by atoms with van der Waals surface area (Å²) in [7, 11) is 2.20. The van der Waals surface area contributed by atoms with Gasteiger partial charge in [-0.3, -0.25) is 4.79 Å². The number of thiophene rings is 1. The van der Waals surface area contributed by atoms with Gasteiger partial charge < -0.3 is 19.9 Å². The van der Waals surface area contributed by atoms with Crippen LogP contribution in [0.3, 0.4) is 0 Å². The summed E-state index contributed by atoms with van der Waals surface area (Å²) >= 11 is 1.58. The molecule has 2 fully saturated rings. The summed E-state index contributed by atoms with van der Waals surface area (Å²) in [4.78, 5) is 31.6. The van der Waals surface area contributed by atoms with E-state index in [4.69, 9.17) is 4.74 Å². The molecule has 2 aliphatic heterocycles. The van der Waals surface area contributed by atoms with E-state index in [1.807, 2.05) is 32.6 Å². The Morgan fingerprint density at radius 3 is 2.40 bits per heavy atom. The molecular formula is C28H39N3O3S. The summed E-state index contributed by atoms with van der Waals surface area (Å²) in [6.45, 7) is 13.2. The molecule has 0 saturated carbocycles. The number of benzene rings is 1. The highest BCUT2D eigenvalue weighted by atomic mass is 32.1. The maximum absolute atomic E-state index is 13.3. The summed E-state index contributed by atoms with van der Waals surface area (Å²) in [6, 6.07) is 8.92. The SMILES string of the molecule is Cc1cc(C2CCN(C)CC2)ccc1-c1cc(C)c(C(=O)N2CC[C@H](NC(=O)OC(C)(C)C)C2)s1. The molecule has 7 heteroatoms. The third kappa shape index (κ3) is 6.25. The molecule has 1 aromatic carbocycles. The molecule has 2 amide bonds. The van der Waals surface area contributed by atoms with Crippen LogP contribution in [0.5, 0.6) is 0 Å². The van der Waals surface area contributed by atoms with Crippen molar-refractivity contribution < 1.29 is 14.3 Å². The van der Waals surface area contributed by atoms with Crippen LogP contribution in [0.25, 0.3) is 10.4 Å². The Morgan fingerprint density at radius 2 is 1.74 bits per heavy atom. The normalized spacial score (nSPS) is 19.7. The molecule has 0 aliphatic carbocycles. The standard InChI is InChI=1S/C28H39N3O3S/c1-18-15-21(20-9-12-30(6)13-10-20)7-8-23(18)24-16-19(2)25(35-24)26(32)31-14-11-22(17-31)29-27(33)34-28(3,4)5/h7-8,15-16,20,22H,9-14,17H2,1-6H3,(H,29,33)/t22-/m0/s1. The van der Waals surface area contributed by atoms with E-state index in [9.17, 15) is 9.59 Å². The molecule has 2 aromatic rings. The first kappa shape index (κ1) is 25.7. The zero-order chi connectivity index (χ0) is 25.3. The fraction of sp³-hybridized carbons (Fsp3) is 0.571. The third-order valence-corrected chi connectivity index (χ3v) is 8.27. The summed E-state index contributed by atoms with van der Waals surface area (Å²) in [6.07, 6.45) is 2.74. The van der Waals surface area contributed by atoms with Crippen LogP contribution in [0, 0.1) is 13.8 Å². The highest BCUT2D eigenvalue weighted by molar-refractivity contribution is 7.17. The van der Waals surface area contributed by atoms with Gasteiger partial charge in [0.05, 0.1) is 10.9 Å². The van der Waals surface area contributed by atoms with Crippen molar-refractivity contribution in [3.8, 4) is 10.4 Å². The molecule has 6 nitrogen and oxygen atoms in total. The molecule has 2 aliphatic rings. The van der Waals surface area contributed by atoms with Gasteiger partial charge in [-0.1, -0.05) is 18.2 Å². The first-order valence-corrected chi connectivity index (χ1v) is 13.5. The first-order chi connectivity index (χ1) is 16.5. The van der Waals surface area contributed by atoms with E-state index in [1.165, 1.54) is 29.5 Å². The lowest BCUT2D eigenvalue weighted by Gasteiger charge is -2.29. The lowest BCUT2D eigenvalue weighted by Crippen LogP contribution is -2.41. The van der Waals surface area contributed by atoms with Gasteiger partial charge in [0.2, 0.25) is 0 Å². The van der Waals surface area contributed by atoms with E-state index in [0.717, 1.165) is 34.8 Å². The fourth-order valence-electron chi connectivity index (χ4n) is 5.07. The van der Waals surface area contributed by atoms with Crippen molar-refractivity contribution in [3.05, 3.63) is 45.8 Å². The lowest BCUT2D eigenvalue weighted by molar-refractivity contribution is 0.0502. The third-order valence-electron chi connectivity index (χ3n) is 7.01. The van der Waals surface area contributed by atoms with E-state index < -0.39 is 11.7 Å². The number of piperidine rings is 1. The zero-order valence-electron chi connectivity index (χ0n) is 21.9. The van der Waals surface area contributed by atoms with Crippen molar-refractivity contribution in [1.29, 1.82) is 0 Å². The number of carbonyl (C=O) groups excluding carboxylic acids is 2. The van der Waals surface area contributed by atoms with Gasteiger partial charge in [-0.2, -0.15) is 0 Å². The van der Waals surface area contributed by atoms with Crippen LogP contribution in [0.4, 0.5) is 4.79 Å². The van der Waals surface area contributed by atoms with E-state index in [1.54, 1.807) is 11.3 Å². The van der Waals surface area contributed by atoms with Crippen molar-refractivity contribution in [3.63, 3.8) is 0 Å². The maximum Gasteiger partial charge on any atom is 0.407 e. The van der Waals surface area contributed by atoms with Crippen molar-refractivity contribution in [2.45, 2.75) is 71.4 Å². The number of ether oxygens (including phenoxy) is 1. The zero-order valence-corrected chi connectivity index (χ0v) is 22.8. The molecular weight excluding hydrogens is 458 g/mol. The average Bonchev–Trinajstić information content (AvgIpc) is 3.39. The van der Waals surface area contributed by atoms with Gasteiger partial charge in [-0.15, -0.1) is 11.3 Å². The van der Waals surface area contributed by atoms with Crippen LogP contribution in [-0.2, 0) is 4.74 Å². The Balaban J connectivity index is 1.42. The molecule has 35 heavy (non-hydrogen) atoms. The van der Waals surface area contributed by atoms with Crippen molar-refractivity contribution in [1.82, 2.24) is 15.1 Å². The molecule has 1 atom stereocenters. The highest BCUT2D eigenvalue weighted by Gasteiger charge is 2.31. The molecule has 0 unspecified atom stereocenters. The number of hydrogen-bond donors (Lipinski definition) is 1. The molecule has 190 valence electrons. The largest absolute Gasteiger partial charge is 0.444 e. The average molecular weight is 498 g/mol. The minimum atomic E-state index is -0.536. The summed E-state index contributed by atoms with van der Waals surface area (Å²) in [5.41, 5.74) is 4.39. The molecule has 1 N–H and O–H groups in total. The van der Waals surface area contributed by atoms with Gasteiger partial charge in [-0.25, -0.2) is 4.79 Å². The number of hydrogen-bond acceptors (Lipinski definition) is 5. The Hall–Kier alpha value is -2.38. The second kappa shape index (κ2) is 10.3. The molecule has 0 radical (unpaired) electrons. The highest BCUT2D eigenvalue weighted by Crippen LogP contribution is 2.37. The topological polar surface area (TPSA) is 61.9 Å². The van der Waals surface area contributed by atoms with Gasteiger partial charge in [-0.05, 0) is 108 Å². The lowest BCUT2D eigenvalue weighted by atomic mass is 9.88. The maximum atomic E-state index is 13.3. The number of carbonyl (C=O) groups is 2. The molecule has 3 heterocycles. The van der Waals surface area contributed by atoms with Crippen LogP contribution in [0.15, 0.2) is 24.3 Å². The number of rotatable bonds is 4. The second-order valence-electron chi connectivity index (χ2n) is 11.2. The Labute approximate surface area is 213 Å². The number of likely N-dealkylation sites (tertiary alicyclic amines) is 2. The first-order valence-electron chi connectivity index (χ1n) is 12.7. The van der Waals surface area contributed by atoms with Gasteiger partial charge in [0.15, 0.2) is 0 Å². The van der Waals surface area contributed by atoms with Crippen LogP contribution in [0.1, 0.15) is 72.3 Å². The Morgan fingerprint density at radius 1 is 1.03 bits per heavy atom. The van der Waals surface area contributed by atoms with Crippen molar-refractivity contribution in [2.75, 3.05) is 33.2 Å². The molecule has 0 bridgehead atoms. The Bertz CT molecular complexity index is 1080. The van der Waals surface area contributed by atoms with Crippen LogP contribution in [-0.4, -0.2) is 66.7 Å². The smallest absolute Gasteiger partial charge is 0.407 e. The summed E-state index contributed by atoms with van der Waals surface area (Å²) in [5, 5.41) is 2.91. The number of amides is 2. The second-order valence-corrected chi connectivity index (χ2v) is 12.2. The van der Waals surface area contributed by atoms with Gasteiger partial charge in [0.25, 0.3) is 5.91 Å².